The molecule has 0 atom stereocenters. The van der Waals surface area contributed by atoms with Gasteiger partial charge in [0.2, 0.25) is 10.0 Å². The van der Waals surface area contributed by atoms with Gasteiger partial charge in [0.05, 0.1) is 21.7 Å². The van der Waals surface area contributed by atoms with Gasteiger partial charge in [0.25, 0.3) is 5.91 Å². The van der Waals surface area contributed by atoms with Crippen LogP contribution in [0.5, 0.6) is 0 Å². The second-order valence-electron chi connectivity index (χ2n) is 6.33. The molecule has 152 valence electrons. The number of nitrogens with zero attached hydrogens (tertiary/aromatic N) is 2. The fraction of sp³-hybridized carbons (Fsp3) is 0.158. The highest BCUT2D eigenvalue weighted by Crippen LogP contribution is 2.35. The number of para-hydroxylation sites is 1. The van der Waals surface area contributed by atoms with Gasteiger partial charge in [-0.3, -0.25) is 9.78 Å². The van der Waals surface area contributed by atoms with E-state index in [9.17, 15) is 26.4 Å². The van der Waals surface area contributed by atoms with Crippen molar-refractivity contribution in [1.82, 2.24) is 9.29 Å². The van der Waals surface area contributed by atoms with Crippen LogP contribution in [0.3, 0.4) is 0 Å². The van der Waals surface area contributed by atoms with Gasteiger partial charge >= 0.3 is 6.18 Å². The van der Waals surface area contributed by atoms with Crippen molar-refractivity contribution in [3.8, 4) is 0 Å². The van der Waals surface area contributed by atoms with Crippen molar-refractivity contribution in [2.45, 2.75) is 11.1 Å². The largest absolute Gasteiger partial charge is 0.418 e. The van der Waals surface area contributed by atoms with Crippen LogP contribution in [0, 0.1) is 0 Å². The molecule has 1 aromatic heterocycles. The molecule has 6 nitrogen and oxygen atoms in total. The summed E-state index contributed by atoms with van der Waals surface area (Å²) in [5.74, 6) is -0.661. The molecule has 0 aliphatic carbocycles. The van der Waals surface area contributed by atoms with Gasteiger partial charge in [-0.15, -0.1) is 0 Å². The number of alkyl halides is 3. The normalized spacial score (nSPS) is 12.3. The Morgan fingerprint density at radius 2 is 1.76 bits per heavy atom. The van der Waals surface area contributed by atoms with Crippen LogP contribution in [0.2, 0.25) is 0 Å². The Hall–Kier alpha value is -2.98. The van der Waals surface area contributed by atoms with Crippen molar-refractivity contribution in [3.05, 3.63) is 65.9 Å². The summed E-state index contributed by atoms with van der Waals surface area (Å²) in [6, 6.07) is 10.3. The molecule has 1 heterocycles. The quantitative estimate of drug-likeness (QED) is 0.693. The maximum atomic E-state index is 13.2. The summed E-state index contributed by atoms with van der Waals surface area (Å²) in [5, 5.41) is 2.65. The van der Waals surface area contributed by atoms with E-state index in [1.807, 2.05) is 0 Å². The van der Waals surface area contributed by atoms with E-state index in [-0.39, 0.29) is 27.0 Å². The number of halogens is 3. The second-order valence-corrected chi connectivity index (χ2v) is 8.48. The molecule has 1 amide bonds. The Labute approximate surface area is 165 Å². The Bertz CT molecular complexity index is 1190. The lowest BCUT2D eigenvalue weighted by molar-refractivity contribution is -0.136. The van der Waals surface area contributed by atoms with Crippen molar-refractivity contribution < 1.29 is 26.4 Å². The summed E-state index contributed by atoms with van der Waals surface area (Å²) in [6.45, 7) is 0. The first kappa shape index (κ1) is 20.7. The van der Waals surface area contributed by atoms with Gasteiger partial charge in [0.15, 0.2) is 0 Å². The smallest absolute Gasteiger partial charge is 0.321 e. The molecule has 0 aliphatic heterocycles. The molecule has 0 bridgehead atoms. The lowest BCUT2D eigenvalue weighted by Crippen LogP contribution is -2.22. The highest BCUT2D eigenvalue weighted by atomic mass is 32.2. The molecule has 0 saturated carbocycles. The molecule has 3 aromatic rings. The predicted molar refractivity (Wildman–Crippen MR) is 102 cm³/mol. The average Bonchev–Trinajstić information content (AvgIpc) is 2.67. The number of amides is 1. The zero-order chi connectivity index (χ0) is 21.4. The average molecular weight is 423 g/mol. The molecule has 29 heavy (non-hydrogen) atoms. The zero-order valence-corrected chi connectivity index (χ0v) is 16.2. The van der Waals surface area contributed by atoms with Gasteiger partial charge in [0.1, 0.15) is 0 Å². The van der Waals surface area contributed by atoms with E-state index in [0.717, 1.165) is 10.4 Å². The SMILES string of the molecule is CN(C)S(=O)(=O)c1cccc(C(=O)Nc2ccnc3c(C(F)(F)F)cccc23)c1. The number of aromatic nitrogens is 1. The lowest BCUT2D eigenvalue weighted by Gasteiger charge is -2.14. The third kappa shape index (κ3) is 4.08. The fourth-order valence-corrected chi connectivity index (χ4v) is 3.66. The van der Waals surface area contributed by atoms with E-state index in [1.165, 1.54) is 62.8 Å². The van der Waals surface area contributed by atoms with Crippen LogP contribution < -0.4 is 5.32 Å². The van der Waals surface area contributed by atoms with Crippen molar-refractivity contribution in [1.29, 1.82) is 0 Å². The fourth-order valence-electron chi connectivity index (χ4n) is 2.72. The van der Waals surface area contributed by atoms with Crippen LogP contribution in [0.15, 0.2) is 59.6 Å². The zero-order valence-electron chi connectivity index (χ0n) is 15.4. The number of hydrogen-bond acceptors (Lipinski definition) is 4. The van der Waals surface area contributed by atoms with Crippen molar-refractivity contribution >= 4 is 32.5 Å². The number of carbonyl (C=O) groups is 1. The number of pyridine rings is 1. The maximum absolute atomic E-state index is 13.2. The molecule has 0 fully saturated rings. The van der Waals surface area contributed by atoms with Crippen molar-refractivity contribution in [2.75, 3.05) is 19.4 Å². The number of carbonyl (C=O) groups excluding carboxylic acids is 1. The molecular formula is C19H16F3N3O3S. The van der Waals surface area contributed by atoms with Crippen LogP contribution in [0.25, 0.3) is 10.9 Å². The third-order valence-corrected chi connectivity index (χ3v) is 6.01. The van der Waals surface area contributed by atoms with E-state index < -0.39 is 27.7 Å². The van der Waals surface area contributed by atoms with Gasteiger partial charge < -0.3 is 5.32 Å². The summed E-state index contributed by atoms with van der Waals surface area (Å²) < 4.78 is 65.1. The molecular weight excluding hydrogens is 407 g/mol. The first-order valence-electron chi connectivity index (χ1n) is 8.30. The summed E-state index contributed by atoms with van der Waals surface area (Å²) in [6.07, 6.45) is -3.43. The molecule has 0 radical (unpaired) electrons. The Balaban J connectivity index is 2.00. The topological polar surface area (TPSA) is 79.4 Å². The Morgan fingerprint density at radius 1 is 1.07 bits per heavy atom. The number of anilines is 1. The van der Waals surface area contributed by atoms with Crippen LogP contribution in [0.4, 0.5) is 18.9 Å². The number of nitrogens with one attached hydrogen (secondary N) is 1. The van der Waals surface area contributed by atoms with Crippen LogP contribution >= 0.6 is 0 Å². The minimum Gasteiger partial charge on any atom is -0.321 e. The molecule has 3 rings (SSSR count). The second kappa shape index (κ2) is 7.45. The molecule has 2 aromatic carbocycles. The number of sulfonamides is 1. The first-order valence-corrected chi connectivity index (χ1v) is 9.74. The molecule has 0 saturated heterocycles. The molecule has 1 N–H and O–H groups in total. The number of fused-ring (bicyclic) bond motifs is 1. The van der Waals surface area contributed by atoms with Crippen LogP contribution in [-0.2, 0) is 16.2 Å². The standard InChI is InChI=1S/C19H16F3N3O3S/c1-25(2)29(27,28)13-6-3-5-12(11-13)18(26)24-16-9-10-23-17-14(16)7-4-8-15(17)19(20,21)22/h3-11H,1-2H3,(H,23,24,26). The predicted octanol–water partition coefficient (Wildman–Crippen LogP) is 3.76. The van der Waals surface area contributed by atoms with Crippen LogP contribution in [-0.4, -0.2) is 37.7 Å². The highest BCUT2D eigenvalue weighted by Gasteiger charge is 2.33. The lowest BCUT2D eigenvalue weighted by atomic mass is 10.1. The van der Waals surface area contributed by atoms with Crippen molar-refractivity contribution in [2.24, 2.45) is 0 Å². The minimum atomic E-state index is -4.59. The van der Waals surface area contributed by atoms with E-state index in [2.05, 4.69) is 10.3 Å². The summed E-state index contributed by atoms with van der Waals surface area (Å²) >= 11 is 0. The van der Waals surface area contributed by atoms with Crippen LogP contribution in [0.1, 0.15) is 15.9 Å². The van der Waals surface area contributed by atoms with E-state index in [0.29, 0.717) is 0 Å². The molecule has 0 aliphatic rings. The van der Waals surface area contributed by atoms with Gasteiger partial charge in [-0.1, -0.05) is 18.2 Å². The number of benzene rings is 2. The first-order chi connectivity index (χ1) is 13.5. The van der Waals surface area contributed by atoms with Gasteiger partial charge in [0, 0.05) is 31.2 Å². The third-order valence-electron chi connectivity index (χ3n) is 4.20. The van der Waals surface area contributed by atoms with Crippen molar-refractivity contribution in [3.63, 3.8) is 0 Å². The minimum absolute atomic E-state index is 0.0462. The molecule has 0 unspecified atom stereocenters. The Morgan fingerprint density at radius 3 is 2.41 bits per heavy atom. The summed E-state index contributed by atoms with van der Waals surface area (Å²) in [7, 11) is -1.02. The Kier molecular flexibility index (Phi) is 5.33. The van der Waals surface area contributed by atoms with Gasteiger partial charge in [-0.25, -0.2) is 12.7 Å². The van der Waals surface area contributed by atoms with E-state index in [4.69, 9.17) is 0 Å². The highest BCUT2D eigenvalue weighted by molar-refractivity contribution is 7.89. The van der Waals surface area contributed by atoms with Gasteiger partial charge in [-0.2, -0.15) is 13.2 Å². The maximum Gasteiger partial charge on any atom is 0.418 e. The molecule has 10 heteroatoms. The number of rotatable bonds is 4. The number of hydrogen-bond donors (Lipinski definition) is 1. The summed E-state index contributed by atoms with van der Waals surface area (Å²) in [5.41, 5.74) is -1.02. The summed E-state index contributed by atoms with van der Waals surface area (Å²) in [4.78, 5) is 16.3. The van der Waals surface area contributed by atoms with Gasteiger partial charge in [-0.05, 0) is 30.3 Å². The van der Waals surface area contributed by atoms with E-state index in [1.54, 1.807) is 0 Å². The monoisotopic (exact) mass is 423 g/mol. The van der Waals surface area contributed by atoms with E-state index >= 15 is 0 Å². The molecule has 0 spiro atoms.